The molecule has 1 saturated carbocycles. The van der Waals surface area contributed by atoms with Gasteiger partial charge in [-0.05, 0) is 97.8 Å². The minimum absolute atomic E-state index is 0.0241. The first-order valence-corrected chi connectivity index (χ1v) is 17.1. The second kappa shape index (κ2) is 14.4. The van der Waals surface area contributed by atoms with E-state index in [-0.39, 0.29) is 28.3 Å². The summed E-state index contributed by atoms with van der Waals surface area (Å²) in [6, 6.07) is 8.68. The van der Waals surface area contributed by atoms with Gasteiger partial charge >= 0.3 is 0 Å². The van der Waals surface area contributed by atoms with Crippen LogP contribution in [0.5, 0.6) is 11.5 Å². The molecule has 4 heteroatoms. The Morgan fingerprint density at radius 2 is 1.05 bits per heavy atom. The monoisotopic (exact) mass is 588 g/mol. The standard InChI is InChI=1S/C39H60N2O2/c1-11-38(12-2,13-3)31-22-27(7)21-28(35(31)42)25-40-33-19-17-18-20-34(33)41-26-29-23-30(37(8,9)10)24-32(36(29)43)39(14-4,15-5)16-6/h21-26,33-34,42-43H,11-20H2,1-10H3. The van der Waals surface area contributed by atoms with E-state index in [0.717, 1.165) is 92.0 Å². The molecule has 2 unspecified atom stereocenters. The van der Waals surface area contributed by atoms with Gasteiger partial charge in [-0.2, -0.15) is 0 Å². The Balaban J connectivity index is 2.01. The predicted octanol–water partition coefficient (Wildman–Crippen LogP) is 10.5. The topological polar surface area (TPSA) is 65.2 Å². The Hall–Kier alpha value is -2.62. The second-order valence-corrected chi connectivity index (χ2v) is 14.1. The summed E-state index contributed by atoms with van der Waals surface area (Å²) in [6.07, 6.45) is 14.0. The zero-order valence-corrected chi connectivity index (χ0v) is 29.0. The molecule has 238 valence electrons. The fourth-order valence-electron chi connectivity index (χ4n) is 7.34. The first kappa shape index (κ1) is 34.9. The van der Waals surface area contributed by atoms with Gasteiger partial charge in [0.05, 0.1) is 12.1 Å². The molecular weight excluding hydrogens is 528 g/mol. The van der Waals surface area contributed by atoms with Crippen LogP contribution in [-0.2, 0) is 16.2 Å². The summed E-state index contributed by atoms with van der Waals surface area (Å²) >= 11 is 0. The number of rotatable bonds is 12. The molecule has 4 nitrogen and oxygen atoms in total. The second-order valence-electron chi connectivity index (χ2n) is 14.1. The molecular formula is C39H60N2O2. The number of hydrogen-bond donors (Lipinski definition) is 2. The lowest BCUT2D eigenvalue weighted by atomic mass is 9.71. The summed E-state index contributed by atoms with van der Waals surface area (Å²) in [4.78, 5) is 10.2. The average molecular weight is 589 g/mol. The number of hydrogen-bond acceptors (Lipinski definition) is 4. The zero-order valence-electron chi connectivity index (χ0n) is 29.0. The van der Waals surface area contributed by atoms with E-state index in [4.69, 9.17) is 9.98 Å². The summed E-state index contributed by atoms with van der Waals surface area (Å²) in [5.74, 6) is 0.750. The van der Waals surface area contributed by atoms with Crippen LogP contribution in [0.3, 0.4) is 0 Å². The lowest BCUT2D eigenvalue weighted by Gasteiger charge is -2.34. The molecule has 0 bridgehead atoms. The van der Waals surface area contributed by atoms with Crippen LogP contribution in [0.25, 0.3) is 0 Å². The summed E-state index contributed by atoms with van der Waals surface area (Å²) in [6.45, 7) is 22.2. The Kier molecular flexibility index (Phi) is 11.7. The highest BCUT2D eigenvalue weighted by Gasteiger charge is 2.33. The number of aromatic hydroxyl groups is 2. The molecule has 2 aromatic carbocycles. The average Bonchev–Trinajstić information content (AvgIpc) is 3.00. The molecule has 0 aromatic heterocycles. The molecule has 2 atom stereocenters. The fraction of sp³-hybridized carbons (Fsp3) is 0.641. The van der Waals surface area contributed by atoms with Crippen molar-refractivity contribution in [2.24, 2.45) is 9.98 Å². The molecule has 43 heavy (non-hydrogen) atoms. The van der Waals surface area contributed by atoms with Gasteiger partial charge in [-0.3, -0.25) is 9.98 Å². The van der Waals surface area contributed by atoms with E-state index in [2.05, 4.69) is 87.4 Å². The number of aliphatic imine (C=N–C) groups is 2. The molecule has 0 heterocycles. The van der Waals surface area contributed by atoms with E-state index < -0.39 is 0 Å². The van der Waals surface area contributed by atoms with E-state index >= 15 is 0 Å². The van der Waals surface area contributed by atoms with Gasteiger partial charge in [0.25, 0.3) is 0 Å². The van der Waals surface area contributed by atoms with Crippen LogP contribution in [-0.4, -0.2) is 34.7 Å². The molecule has 2 aromatic rings. The maximum Gasteiger partial charge on any atom is 0.128 e. The van der Waals surface area contributed by atoms with Crippen molar-refractivity contribution in [2.45, 2.75) is 162 Å². The van der Waals surface area contributed by atoms with Crippen molar-refractivity contribution < 1.29 is 10.2 Å². The van der Waals surface area contributed by atoms with E-state index in [1.54, 1.807) is 0 Å². The molecule has 0 radical (unpaired) electrons. The number of aryl methyl sites for hydroxylation is 1. The molecule has 1 aliphatic rings. The first-order chi connectivity index (χ1) is 20.3. The molecule has 0 aliphatic heterocycles. The minimum atomic E-state index is -0.0504. The highest BCUT2D eigenvalue weighted by Crippen LogP contribution is 2.44. The number of phenols is 2. The van der Waals surface area contributed by atoms with Gasteiger partial charge in [0, 0.05) is 34.7 Å². The van der Waals surface area contributed by atoms with E-state index in [9.17, 15) is 10.2 Å². The molecule has 1 fully saturated rings. The third-order valence-electron chi connectivity index (χ3n) is 11.0. The maximum atomic E-state index is 11.6. The zero-order chi connectivity index (χ0) is 32.0. The van der Waals surface area contributed by atoms with Crippen LogP contribution in [0.1, 0.15) is 160 Å². The maximum absolute atomic E-state index is 11.6. The minimum Gasteiger partial charge on any atom is -0.507 e. The summed E-state index contributed by atoms with van der Waals surface area (Å²) in [7, 11) is 0. The Morgan fingerprint density at radius 3 is 1.44 bits per heavy atom. The van der Waals surface area contributed by atoms with E-state index in [0.29, 0.717) is 11.5 Å². The third-order valence-corrected chi connectivity index (χ3v) is 11.0. The Labute approximate surface area is 263 Å². The summed E-state index contributed by atoms with van der Waals surface area (Å²) < 4.78 is 0. The largest absolute Gasteiger partial charge is 0.507 e. The van der Waals surface area contributed by atoms with E-state index in [1.165, 1.54) is 5.56 Å². The van der Waals surface area contributed by atoms with Gasteiger partial charge in [-0.1, -0.05) is 87.3 Å². The molecule has 2 N–H and O–H groups in total. The van der Waals surface area contributed by atoms with Crippen LogP contribution in [0, 0.1) is 6.92 Å². The van der Waals surface area contributed by atoms with E-state index in [1.807, 2.05) is 18.5 Å². The first-order valence-electron chi connectivity index (χ1n) is 17.1. The molecule has 0 saturated heterocycles. The van der Waals surface area contributed by atoms with Crippen LogP contribution in [0.2, 0.25) is 0 Å². The summed E-state index contributed by atoms with van der Waals surface area (Å²) in [5.41, 5.74) is 5.99. The number of phenolic OH excluding ortho intramolecular Hbond substituents is 2. The molecule has 0 amide bonds. The SMILES string of the molecule is CCC(CC)(CC)c1cc(C)cc(C=NC2CCCCC2N=Cc2cc(C(C)(C)C)cc(C(CC)(CC)CC)c2O)c1O. The van der Waals surface area contributed by atoms with Crippen LogP contribution >= 0.6 is 0 Å². The quantitative estimate of drug-likeness (QED) is 0.242. The summed E-state index contributed by atoms with van der Waals surface area (Å²) in [5, 5.41) is 23.0. The van der Waals surface area contributed by atoms with Gasteiger partial charge in [-0.25, -0.2) is 0 Å². The van der Waals surface area contributed by atoms with Crippen molar-refractivity contribution in [3.63, 3.8) is 0 Å². The Bertz CT molecular complexity index is 1260. The lowest BCUT2D eigenvalue weighted by Crippen LogP contribution is -2.27. The van der Waals surface area contributed by atoms with Crippen LogP contribution in [0.4, 0.5) is 0 Å². The van der Waals surface area contributed by atoms with Gasteiger partial charge in [0.15, 0.2) is 0 Å². The molecule has 0 spiro atoms. The third kappa shape index (κ3) is 7.37. The van der Waals surface area contributed by atoms with Crippen molar-refractivity contribution in [1.82, 2.24) is 0 Å². The molecule has 1 aliphatic carbocycles. The van der Waals surface area contributed by atoms with Crippen LogP contribution in [0.15, 0.2) is 34.3 Å². The number of benzene rings is 2. The van der Waals surface area contributed by atoms with Gasteiger partial charge in [-0.15, -0.1) is 0 Å². The van der Waals surface area contributed by atoms with Crippen LogP contribution < -0.4 is 0 Å². The van der Waals surface area contributed by atoms with Crippen molar-refractivity contribution >= 4 is 12.4 Å². The van der Waals surface area contributed by atoms with Gasteiger partial charge in [0.2, 0.25) is 0 Å². The highest BCUT2D eigenvalue weighted by atomic mass is 16.3. The normalized spacial score (nSPS) is 18.7. The van der Waals surface area contributed by atoms with Crippen molar-refractivity contribution in [2.75, 3.05) is 0 Å². The predicted molar refractivity (Wildman–Crippen MR) is 186 cm³/mol. The Morgan fingerprint density at radius 1 is 0.651 bits per heavy atom. The van der Waals surface area contributed by atoms with Crippen molar-refractivity contribution in [3.8, 4) is 11.5 Å². The fourth-order valence-corrected chi connectivity index (χ4v) is 7.34. The smallest absolute Gasteiger partial charge is 0.128 e. The van der Waals surface area contributed by atoms with Gasteiger partial charge < -0.3 is 10.2 Å². The van der Waals surface area contributed by atoms with Crippen molar-refractivity contribution in [3.05, 3.63) is 57.6 Å². The lowest BCUT2D eigenvalue weighted by molar-refractivity contribution is 0.356. The number of nitrogens with zero attached hydrogens (tertiary/aromatic N) is 2. The van der Waals surface area contributed by atoms with Crippen molar-refractivity contribution in [1.29, 1.82) is 0 Å². The molecule has 3 rings (SSSR count). The van der Waals surface area contributed by atoms with Gasteiger partial charge in [0.1, 0.15) is 11.5 Å². The highest BCUT2D eigenvalue weighted by molar-refractivity contribution is 5.86.